The van der Waals surface area contributed by atoms with E-state index in [0.717, 1.165) is 17.5 Å². The molecule has 1 aromatic heterocycles. The summed E-state index contributed by atoms with van der Waals surface area (Å²) in [6, 6.07) is 3.75. The molecule has 0 fully saturated rings. The Morgan fingerprint density at radius 1 is 1.25 bits per heavy atom. The minimum atomic E-state index is -0.471. The number of hydrogen-bond acceptors (Lipinski definition) is 3. The van der Waals surface area contributed by atoms with Gasteiger partial charge in [0.05, 0.1) is 10.9 Å². The Bertz CT molecular complexity index is 609. The molecule has 16 heavy (non-hydrogen) atoms. The van der Waals surface area contributed by atoms with Crippen LogP contribution in [0, 0.1) is 13.8 Å². The quantitative estimate of drug-likeness (QED) is 0.748. The van der Waals surface area contributed by atoms with Crippen molar-refractivity contribution in [2.45, 2.75) is 27.2 Å². The van der Waals surface area contributed by atoms with Gasteiger partial charge in [0.1, 0.15) is 11.3 Å². The third-order valence-electron chi connectivity index (χ3n) is 3.01. The fourth-order valence-electron chi connectivity index (χ4n) is 1.90. The molecule has 84 valence electrons. The first kappa shape index (κ1) is 10.7. The summed E-state index contributed by atoms with van der Waals surface area (Å²) in [6.07, 6.45) is 0.875. The molecule has 0 saturated carbocycles. The zero-order chi connectivity index (χ0) is 11.9. The minimum Gasteiger partial charge on any atom is -0.507 e. The van der Waals surface area contributed by atoms with E-state index >= 15 is 0 Å². The van der Waals surface area contributed by atoms with Crippen LogP contribution in [0.5, 0.6) is 5.75 Å². The van der Waals surface area contributed by atoms with Gasteiger partial charge in [-0.25, -0.2) is 4.79 Å². The highest BCUT2D eigenvalue weighted by molar-refractivity contribution is 5.87. The molecule has 2 aromatic rings. The van der Waals surface area contributed by atoms with Gasteiger partial charge in [-0.3, -0.25) is 0 Å². The highest BCUT2D eigenvalue weighted by atomic mass is 16.4. The zero-order valence-electron chi connectivity index (χ0n) is 9.63. The van der Waals surface area contributed by atoms with Crippen LogP contribution in [0.4, 0.5) is 0 Å². The average molecular weight is 218 g/mol. The van der Waals surface area contributed by atoms with Gasteiger partial charge in [0.2, 0.25) is 0 Å². The monoisotopic (exact) mass is 218 g/mol. The second-order valence-electron chi connectivity index (χ2n) is 3.94. The fourth-order valence-corrected chi connectivity index (χ4v) is 1.90. The van der Waals surface area contributed by atoms with Crippen LogP contribution in [-0.2, 0) is 6.42 Å². The summed E-state index contributed by atoms with van der Waals surface area (Å²) in [6.45, 7) is 5.50. The van der Waals surface area contributed by atoms with Crippen molar-refractivity contribution in [3.63, 3.8) is 0 Å². The maximum absolute atomic E-state index is 11.5. The Hall–Kier alpha value is -1.77. The lowest BCUT2D eigenvalue weighted by atomic mass is 10.0. The number of aryl methyl sites for hydroxylation is 2. The standard InChI is InChI=1S/C13H14O3/c1-4-9-5-6-10-11(14)8(3)13(15)16-12(10)7(9)2/h5-6,14H,4H2,1-3H3. The van der Waals surface area contributed by atoms with Crippen molar-refractivity contribution < 1.29 is 9.52 Å². The Morgan fingerprint density at radius 2 is 1.94 bits per heavy atom. The van der Waals surface area contributed by atoms with E-state index < -0.39 is 5.63 Å². The molecule has 0 aliphatic rings. The van der Waals surface area contributed by atoms with Gasteiger partial charge in [-0.2, -0.15) is 0 Å². The van der Waals surface area contributed by atoms with Gasteiger partial charge in [0, 0.05) is 0 Å². The van der Waals surface area contributed by atoms with E-state index in [1.165, 1.54) is 0 Å². The number of hydrogen-bond donors (Lipinski definition) is 1. The third-order valence-corrected chi connectivity index (χ3v) is 3.01. The van der Waals surface area contributed by atoms with Crippen molar-refractivity contribution in [1.29, 1.82) is 0 Å². The molecule has 0 amide bonds. The van der Waals surface area contributed by atoms with E-state index in [0.29, 0.717) is 11.0 Å². The molecule has 1 aromatic carbocycles. The van der Waals surface area contributed by atoms with E-state index in [4.69, 9.17) is 4.42 Å². The van der Waals surface area contributed by atoms with Gasteiger partial charge in [0.25, 0.3) is 0 Å². The Labute approximate surface area is 93.3 Å². The van der Waals surface area contributed by atoms with E-state index in [1.807, 2.05) is 19.9 Å². The topological polar surface area (TPSA) is 50.4 Å². The van der Waals surface area contributed by atoms with E-state index in [9.17, 15) is 9.90 Å². The first-order chi connectivity index (χ1) is 7.56. The molecule has 0 bridgehead atoms. The lowest BCUT2D eigenvalue weighted by Gasteiger charge is -2.08. The molecule has 0 aliphatic heterocycles. The van der Waals surface area contributed by atoms with Crippen LogP contribution in [0.3, 0.4) is 0 Å². The molecule has 0 atom stereocenters. The number of fused-ring (bicyclic) bond motifs is 1. The van der Waals surface area contributed by atoms with Crippen LogP contribution in [0.25, 0.3) is 11.0 Å². The predicted molar refractivity (Wildman–Crippen MR) is 63.0 cm³/mol. The Morgan fingerprint density at radius 3 is 2.56 bits per heavy atom. The minimum absolute atomic E-state index is 0.0250. The van der Waals surface area contributed by atoms with Crippen LogP contribution >= 0.6 is 0 Å². The molecule has 0 unspecified atom stereocenters. The van der Waals surface area contributed by atoms with Gasteiger partial charge < -0.3 is 9.52 Å². The highest BCUT2D eigenvalue weighted by Gasteiger charge is 2.12. The van der Waals surface area contributed by atoms with E-state index in [1.54, 1.807) is 13.0 Å². The Kier molecular flexibility index (Phi) is 2.46. The second kappa shape index (κ2) is 3.67. The first-order valence-electron chi connectivity index (χ1n) is 5.31. The Balaban J connectivity index is 2.96. The van der Waals surface area contributed by atoms with Gasteiger partial charge in [0.15, 0.2) is 0 Å². The van der Waals surface area contributed by atoms with E-state index in [-0.39, 0.29) is 11.3 Å². The molecule has 0 radical (unpaired) electrons. The van der Waals surface area contributed by atoms with Crippen molar-refractivity contribution >= 4 is 11.0 Å². The summed E-state index contributed by atoms with van der Waals surface area (Å²) in [7, 11) is 0. The number of aromatic hydroxyl groups is 1. The third kappa shape index (κ3) is 1.40. The summed E-state index contributed by atoms with van der Waals surface area (Å²) >= 11 is 0. The largest absolute Gasteiger partial charge is 0.507 e. The molecule has 1 N–H and O–H groups in total. The molecule has 0 spiro atoms. The molecular formula is C13H14O3. The second-order valence-corrected chi connectivity index (χ2v) is 3.94. The number of rotatable bonds is 1. The predicted octanol–water partition coefficient (Wildman–Crippen LogP) is 2.68. The van der Waals surface area contributed by atoms with Crippen LogP contribution in [0.15, 0.2) is 21.3 Å². The van der Waals surface area contributed by atoms with Crippen LogP contribution in [0.2, 0.25) is 0 Å². The fraction of sp³-hybridized carbons (Fsp3) is 0.308. The van der Waals surface area contributed by atoms with Crippen molar-refractivity contribution in [3.05, 3.63) is 39.2 Å². The lowest BCUT2D eigenvalue weighted by Crippen LogP contribution is -2.04. The smallest absolute Gasteiger partial charge is 0.342 e. The summed E-state index contributed by atoms with van der Waals surface area (Å²) in [5, 5.41) is 10.5. The first-order valence-corrected chi connectivity index (χ1v) is 5.31. The van der Waals surface area contributed by atoms with E-state index in [2.05, 4.69) is 0 Å². The summed E-state index contributed by atoms with van der Waals surface area (Å²) < 4.78 is 5.23. The summed E-state index contributed by atoms with van der Waals surface area (Å²) in [5.41, 5.74) is 2.33. The lowest BCUT2D eigenvalue weighted by molar-refractivity contribution is 0.461. The van der Waals surface area contributed by atoms with Crippen LogP contribution < -0.4 is 5.63 Å². The zero-order valence-corrected chi connectivity index (χ0v) is 9.63. The van der Waals surface area contributed by atoms with Gasteiger partial charge in [-0.1, -0.05) is 13.0 Å². The highest BCUT2D eigenvalue weighted by Crippen LogP contribution is 2.29. The molecule has 1 heterocycles. The molecule has 3 heteroatoms. The summed E-state index contributed by atoms with van der Waals surface area (Å²) in [5.74, 6) is 0.0250. The van der Waals surface area contributed by atoms with Gasteiger partial charge in [-0.15, -0.1) is 0 Å². The maximum atomic E-state index is 11.5. The molecule has 3 nitrogen and oxygen atoms in total. The molecule has 0 aliphatic carbocycles. The van der Waals surface area contributed by atoms with Crippen molar-refractivity contribution in [2.24, 2.45) is 0 Å². The molecular weight excluding hydrogens is 204 g/mol. The maximum Gasteiger partial charge on any atom is 0.342 e. The van der Waals surface area contributed by atoms with Crippen LogP contribution in [0.1, 0.15) is 23.6 Å². The molecule has 0 saturated heterocycles. The summed E-state index contributed by atoms with van der Waals surface area (Å²) in [4.78, 5) is 11.5. The molecule has 2 rings (SSSR count). The SMILES string of the molecule is CCc1ccc2c(O)c(C)c(=O)oc2c1C. The normalized spacial score (nSPS) is 10.9. The van der Waals surface area contributed by atoms with Crippen molar-refractivity contribution in [3.8, 4) is 5.75 Å². The van der Waals surface area contributed by atoms with Crippen molar-refractivity contribution in [1.82, 2.24) is 0 Å². The average Bonchev–Trinajstić information content (AvgIpc) is 2.28. The van der Waals surface area contributed by atoms with Gasteiger partial charge >= 0.3 is 5.63 Å². The van der Waals surface area contributed by atoms with Crippen molar-refractivity contribution in [2.75, 3.05) is 0 Å². The number of benzene rings is 1. The van der Waals surface area contributed by atoms with Gasteiger partial charge in [-0.05, 0) is 37.5 Å². The van der Waals surface area contributed by atoms with Crippen LogP contribution in [-0.4, -0.2) is 5.11 Å².